The molecule has 1 amide bonds. The lowest BCUT2D eigenvalue weighted by atomic mass is 10.0. The van der Waals surface area contributed by atoms with Crippen LogP contribution in [0.4, 0.5) is 4.39 Å². The van der Waals surface area contributed by atoms with Crippen LogP contribution >= 0.6 is 11.6 Å². The first-order valence-electron chi connectivity index (χ1n) is 7.23. The monoisotopic (exact) mass is 330 g/mol. The van der Waals surface area contributed by atoms with E-state index in [-0.39, 0.29) is 16.6 Å². The third-order valence-corrected chi connectivity index (χ3v) is 4.26. The highest BCUT2D eigenvalue weighted by atomic mass is 35.5. The van der Waals surface area contributed by atoms with Gasteiger partial charge in [0.1, 0.15) is 5.82 Å². The van der Waals surface area contributed by atoms with Crippen molar-refractivity contribution >= 4 is 23.2 Å². The Morgan fingerprint density at radius 1 is 1.30 bits per heavy atom. The summed E-state index contributed by atoms with van der Waals surface area (Å²) < 4.78 is 15.4. The van der Waals surface area contributed by atoms with Crippen LogP contribution in [-0.2, 0) is 0 Å². The van der Waals surface area contributed by atoms with E-state index in [1.165, 1.54) is 16.6 Å². The second-order valence-electron chi connectivity index (χ2n) is 5.39. The van der Waals surface area contributed by atoms with Gasteiger partial charge in [-0.15, -0.1) is 0 Å². The summed E-state index contributed by atoms with van der Waals surface area (Å²) in [5.41, 5.74) is 1.85. The molecular weight excluding hydrogens is 319 g/mol. The van der Waals surface area contributed by atoms with E-state index in [2.05, 4.69) is 10.1 Å². The molecule has 0 unspecified atom stereocenters. The van der Waals surface area contributed by atoms with Crippen LogP contribution in [0.3, 0.4) is 0 Å². The highest BCUT2D eigenvalue weighted by Gasteiger charge is 2.28. The van der Waals surface area contributed by atoms with Crippen LogP contribution in [0.15, 0.2) is 36.7 Å². The van der Waals surface area contributed by atoms with Crippen LogP contribution in [0, 0.1) is 5.82 Å². The number of fused-ring (bicyclic) bond motifs is 1. The van der Waals surface area contributed by atoms with Crippen molar-refractivity contribution in [3.05, 3.63) is 53.2 Å². The molecule has 1 aliphatic rings. The van der Waals surface area contributed by atoms with E-state index in [4.69, 9.17) is 11.6 Å². The molecule has 2 aromatic heterocycles. The van der Waals surface area contributed by atoms with Gasteiger partial charge in [0.15, 0.2) is 11.3 Å². The molecule has 116 valence electrons. The molecule has 0 atom stereocenters. The van der Waals surface area contributed by atoms with E-state index < -0.39 is 5.82 Å². The first kappa shape index (κ1) is 14.1. The van der Waals surface area contributed by atoms with Crippen LogP contribution < -0.4 is 0 Å². The summed E-state index contributed by atoms with van der Waals surface area (Å²) in [5, 5.41) is 4.39. The van der Waals surface area contributed by atoms with Gasteiger partial charge in [-0.05, 0) is 30.2 Å². The van der Waals surface area contributed by atoms with Gasteiger partial charge >= 0.3 is 0 Å². The topological polar surface area (TPSA) is 50.5 Å². The quantitative estimate of drug-likeness (QED) is 0.725. The Bertz CT molecular complexity index is 920. The van der Waals surface area contributed by atoms with Crippen molar-refractivity contribution in [1.82, 2.24) is 19.5 Å². The molecule has 1 saturated heterocycles. The van der Waals surface area contributed by atoms with Crippen LogP contribution in [0.1, 0.15) is 16.9 Å². The third-order valence-electron chi connectivity index (χ3n) is 3.95. The number of halogens is 2. The lowest BCUT2D eigenvalue weighted by Crippen LogP contribution is -2.42. The van der Waals surface area contributed by atoms with Crippen molar-refractivity contribution in [2.45, 2.75) is 6.42 Å². The maximum absolute atomic E-state index is 13.9. The van der Waals surface area contributed by atoms with Gasteiger partial charge in [-0.2, -0.15) is 5.10 Å². The second kappa shape index (κ2) is 5.31. The Morgan fingerprint density at radius 3 is 2.83 bits per heavy atom. The normalized spacial score (nSPS) is 14.1. The minimum absolute atomic E-state index is 0.0359. The van der Waals surface area contributed by atoms with Crippen LogP contribution in [0.5, 0.6) is 0 Å². The van der Waals surface area contributed by atoms with Crippen molar-refractivity contribution in [1.29, 1.82) is 0 Å². The van der Waals surface area contributed by atoms with Gasteiger partial charge < -0.3 is 4.90 Å². The zero-order valence-corrected chi connectivity index (χ0v) is 12.8. The Kier molecular flexibility index (Phi) is 3.27. The number of amides is 1. The molecule has 0 radical (unpaired) electrons. The van der Waals surface area contributed by atoms with Crippen molar-refractivity contribution in [3.8, 4) is 11.1 Å². The number of hydrogen-bond acceptors (Lipinski definition) is 3. The van der Waals surface area contributed by atoms with Gasteiger partial charge in [0.25, 0.3) is 5.91 Å². The smallest absolute Gasteiger partial charge is 0.275 e. The van der Waals surface area contributed by atoms with E-state index in [9.17, 15) is 9.18 Å². The number of carbonyl (C=O) groups excluding carboxylic acids is 1. The van der Waals surface area contributed by atoms with Crippen molar-refractivity contribution in [2.75, 3.05) is 13.1 Å². The maximum Gasteiger partial charge on any atom is 0.275 e. The molecule has 3 aromatic rings. The molecule has 0 saturated carbocycles. The average Bonchev–Trinajstić information content (AvgIpc) is 2.88. The lowest BCUT2D eigenvalue weighted by molar-refractivity contribution is 0.0646. The zero-order chi connectivity index (χ0) is 16.0. The molecule has 1 aliphatic heterocycles. The number of rotatable bonds is 2. The second-order valence-corrected chi connectivity index (χ2v) is 5.79. The summed E-state index contributed by atoms with van der Waals surface area (Å²) in [6.45, 7) is 1.43. The predicted molar refractivity (Wildman–Crippen MR) is 83.9 cm³/mol. The van der Waals surface area contributed by atoms with Gasteiger partial charge in [0.2, 0.25) is 0 Å². The van der Waals surface area contributed by atoms with Gasteiger partial charge in [-0.3, -0.25) is 4.79 Å². The molecular formula is C16H12ClFN4O. The number of carbonyl (C=O) groups is 1. The minimum Gasteiger partial charge on any atom is -0.337 e. The summed E-state index contributed by atoms with van der Waals surface area (Å²) in [4.78, 5) is 18.7. The van der Waals surface area contributed by atoms with E-state index >= 15 is 0 Å². The average molecular weight is 331 g/mol. The fourth-order valence-corrected chi connectivity index (χ4v) is 2.74. The molecule has 1 fully saturated rings. The molecule has 23 heavy (non-hydrogen) atoms. The summed E-state index contributed by atoms with van der Waals surface area (Å²) >= 11 is 5.76. The first-order valence-corrected chi connectivity index (χ1v) is 7.61. The Hall–Kier alpha value is -2.47. The summed E-state index contributed by atoms with van der Waals surface area (Å²) in [6, 6.07) is 6.17. The first-order chi connectivity index (χ1) is 11.1. The molecule has 0 spiro atoms. The molecule has 1 aromatic carbocycles. The Labute approximate surface area is 136 Å². The van der Waals surface area contributed by atoms with Gasteiger partial charge in [-0.25, -0.2) is 13.9 Å². The molecule has 4 rings (SSSR count). The minimum atomic E-state index is -0.540. The highest BCUT2D eigenvalue weighted by molar-refractivity contribution is 6.30. The summed E-state index contributed by atoms with van der Waals surface area (Å²) in [6.07, 6.45) is 4.32. The SMILES string of the molecule is O=C(c1nn2cccnc2c1-c1ccc(Cl)c(F)c1)N1CCC1. The van der Waals surface area contributed by atoms with Crippen LogP contribution in [0.25, 0.3) is 16.8 Å². The molecule has 5 nitrogen and oxygen atoms in total. The van der Waals surface area contributed by atoms with Gasteiger partial charge in [0, 0.05) is 25.5 Å². The van der Waals surface area contributed by atoms with E-state index in [1.54, 1.807) is 29.4 Å². The number of likely N-dealkylation sites (tertiary alicyclic amines) is 1. The zero-order valence-electron chi connectivity index (χ0n) is 12.0. The third kappa shape index (κ3) is 2.26. The Balaban J connectivity index is 1.95. The van der Waals surface area contributed by atoms with E-state index in [0.29, 0.717) is 29.9 Å². The van der Waals surface area contributed by atoms with E-state index in [0.717, 1.165) is 6.42 Å². The fraction of sp³-hybridized carbons (Fsp3) is 0.188. The number of nitrogens with zero attached hydrogens (tertiary/aromatic N) is 4. The lowest BCUT2D eigenvalue weighted by Gasteiger charge is -2.30. The fourth-order valence-electron chi connectivity index (χ4n) is 2.62. The summed E-state index contributed by atoms with van der Waals surface area (Å²) in [5.74, 6) is -0.700. The van der Waals surface area contributed by atoms with Crippen LogP contribution in [0.2, 0.25) is 5.02 Å². The Morgan fingerprint density at radius 2 is 2.13 bits per heavy atom. The highest BCUT2D eigenvalue weighted by Crippen LogP contribution is 2.31. The molecule has 0 N–H and O–H groups in total. The van der Waals surface area contributed by atoms with Crippen molar-refractivity contribution < 1.29 is 9.18 Å². The number of benzene rings is 1. The van der Waals surface area contributed by atoms with Gasteiger partial charge in [-0.1, -0.05) is 17.7 Å². The largest absolute Gasteiger partial charge is 0.337 e. The number of hydrogen-bond donors (Lipinski definition) is 0. The van der Waals surface area contributed by atoms with E-state index in [1.807, 2.05) is 0 Å². The predicted octanol–water partition coefficient (Wildman–Crippen LogP) is 3.03. The summed E-state index contributed by atoms with van der Waals surface area (Å²) in [7, 11) is 0. The van der Waals surface area contributed by atoms with Crippen molar-refractivity contribution in [3.63, 3.8) is 0 Å². The van der Waals surface area contributed by atoms with Crippen LogP contribution in [-0.4, -0.2) is 38.5 Å². The van der Waals surface area contributed by atoms with Gasteiger partial charge in [0.05, 0.1) is 10.6 Å². The van der Waals surface area contributed by atoms with Crippen molar-refractivity contribution in [2.24, 2.45) is 0 Å². The molecule has 3 heterocycles. The standard InChI is InChI=1S/C16H12ClFN4O/c17-11-4-3-10(9-12(11)18)13-14(16(23)21-6-2-7-21)20-22-8-1-5-19-15(13)22/h1,3-5,8-9H,2,6-7H2. The maximum atomic E-state index is 13.9. The molecule has 0 aliphatic carbocycles. The molecule has 7 heteroatoms. The molecule has 0 bridgehead atoms. The number of aromatic nitrogens is 3.